The van der Waals surface area contributed by atoms with E-state index < -0.39 is 6.10 Å². The molecule has 31 heavy (non-hydrogen) atoms. The van der Waals surface area contributed by atoms with E-state index >= 15 is 0 Å². The van der Waals surface area contributed by atoms with Crippen molar-refractivity contribution in [3.63, 3.8) is 0 Å². The summed E-state index contributed by atoms with van der Waals surface area (Å²) in [5, 5.41) is 5.86. The Morgan fingerprint density at radius 1 is 0.935 bits per heavy atom. The summed E-state index contributed by atoms with van der Waals surface area (Å²) in [5.74, 6) is 0.102. The van der Waals surface area contributed by atoms with Crippen LogP contribution in [0.1, 0.15) is 47.8 Å². The van der Waals surface area contributed by atoms with Gasteiger partial charge in [-0.25, -0.2) is 0 Å². The molecule has 0 aliphatic heterocycles. The van der Waals surface area contributed by atoms with Crippen LogP contribution in [0.5, 0.6) is 5.75 Å². The lowest BCUT2D eigenvalue weighted by molar-refractivity contribution is -0.122. The number of carbonyl (C=O) groups excluding carboxylic acids is 2. The average molecular weight is 417 g/mol. The maximum atomic E-state index is 12.9. The van der Waals surface area contributed by atoms with Gasteiger partial charge in [0.05, 0.1) is 17.3 Å². The SMILES string of the molecule is CC[C@H](Oc1cccc(C)c1)C(=O)Nc1ccccc1C(=O)N[C@H](C)c1ccccc1. The molecule has 3 aromatic carbocycles. The number of benzene rings is 3. The zero-order chi connectivity index (χ0) is 22.2. The molecule has 0 bridgehead atoms. The van der Waals surface area contributed by atoms with Crippen LogP contribution in [0.2, 0.25) is 0 Å². The van der Waals surface area contributed by atoms with Crippen molar-refractivity contribution in [3.8, 4) is 5.75 Å². The van der Waals surface area contributed by atoms with Gasteiger partial charge in [-0.2, -0.15) is 0 Å². The van der Waals surface area contributed by atoms with Crippen LogP contribution >= 0.6 is 0 Å². The molecule has 2 amide bonds. The molecule has 0 spiro atoms. The minimum atomic E-state index is -0.666. The van der Waals surface area contributed by atoms with Gasteiger partial charge in [-0.1, -0.05) is 61.5 Å². The number of carbonyl (C=O) groups is 2. The van der Waals surface area contributed by atoms with E-state index in [-0.39, 0.29) is 17.9 Å². The number of anilines is 1. The first-order chi connectivity index (χ1) is 15.0. The van der Waals surface area contributed by atoms with Crippen LogP contribution in [0.4, 0.5) is 5.69 Å². The molecular formula is C26H28N2O3. The van der Waals surface area contributed by atoms with Crippen molar-refractivity contribution in [2.75, 3.05) is 5.32 Å². The van der Waals surface area contributed by atoms with Crippen LogP contribution in [0.3, 0.4) is 0 Å². The van der Waals surface area contributed by atoms with Crippen molar-refractivity contribution in [2.45, 2.75) is 39.3 Å². The van der Waals surface area contributed by atoms with Gasteiger partial charge in [0.1, 0.15) is 5.75 Å². The second kappa shape index (κ2) is 10.4. The van der Waals surface area contributed by atoms with Crippen molar-refractivity contribution < 1.29 is 14.3 Å². The molecule has 160 valence electrons. The first-order valence-corrected chi connectivity index (χ1v) is 10.5. The topological polar surface area (TPSA) is 67.4 Å². The Bertz CT molecular complexity index is 1030. The van der Waals surface area contributed by atoms with E-state index in [0.29, 0.717) is 23.4 Å². The highest BCUT2D eigenvalue weighted by atomic mass is 16.5. The Labute approximate surface area is 183 Å². The molecule has 0 saturated carbocycles. The summed E-state index contributed by atoms with van der Waals surface area (Å²) in [4.78, 5) is 25.8. The number of ether oxygens (including phenoxy) is 1. The molecule has 3 aromatic rings. The fourth-order valence-corrected chi connectivity index (χ4v) is 3.28. The zero-order valence-corrected chi connectivity index (χ0v) is 18.1. The molecule has 0 radical (unpaired) electrons. The quantitative estimate of drug-likeness (QED) is 0.525. The molecule has 3 rings (SSSR count). The predicted molar refractivity (Wildman–Crippen MR) is 123 cm³/mol. The molecule has 5 nitrogen and oxygen atoms in total. The number of aryl methyl sites for hydroxylation is 1. The number of hydrogen-bond acceptors (Lipinski definition) is 3. The van der Waals surface area contributed by atoms with E-state index in [1.54, 1.807) is 24.3 Å². The third-order valence-electron chi connectivity index (χ3n) is 5.01. The Morgan fingerprint density at radius 3 is 2.35 bits per heavy atom. The van der Waals surface area contributed by atoms with Gasteiger partial charge >= 0.3 is 0 Å². The minimum absolute atomic E-state index is 0.162. The monoisotopic (exact) mass is 416 g/mol. The lowest BCUT2D eigenvalue weighted by atomic mass is 10.1. The number of para-hydroxylation sites is 1. The maximum Gasteiger partial charge on any atom is 0.265 e. The molecule has 0 unspecified atom stereocenters. The second-order valence-electron chi connectivity index (χ2n) is 7.47. The second-order valence-corrected chi connectivity index (χ2v) is 7.47. The molecule has 2 N–H and O–H groups in total. The minimum Gasteiger partial charge on any atom is -0.481 e. The van der Waals surface area contributed by atoms with Crippen molar-refractivity contribution in [2.24, 2.45) is 0 Å². The summed E-state index contributed by atoms with van der Waals surface area (Å²) in [7, 11) is 0. The Balaban J connectivity index is 1.71. The van der Waals surface area contributed by atoms with Gasteiger partial charge in [-0.15, -0.1) is 0 Å². The number of amides is 2. The summed E-state index contributed by atoms with van der Waals surface area (Å²) in [6, 6.07) is 24.1. The number of nitrogens with one attached hydrogen (secondary N) is 2. The molecule has 0 heterocycles. The van der Waals surface area contributed by atoms with Crippen LogP contribution < -0.4 is 15.4 Å². The van der Waals surface area contributed by atoms with E-state index in [2.05, 4.69) is 10.6 Å². The van der Waals surface area contributed by atoms with Gasteiger partial charge in [-0.05, 0) is 55.7 Å². The summed E-state index contributed by atoms with van der Waals surface area (Å²) in [6.45, 7) is 5.79. The van der Waals surface area contributed by atoms with E-state index in [4.69, 9.17) is 4.74 Å². The van der Waals surface area contributed by atoms with Crippen molar-refractivity contribution >= 4 is 17.5 Å². The highest BCUT2D eigenvalue weighted by Crippen LogP contribution is 2.20. The average Bonchev–Trinajstić information content (AvgIpc) is 2.78. The summed E-state index contributed by atoms with van der Waals surface area (Å²) in [5.41, 5.74) is 2.93. The standard InChI is InChI=1S/C26H28N2O3/c1-4-24(31-21-14-10-11-18(2)17-21)26(30)28-23-16-9-8-15-22(23)25(29)27-19(3)20-12-6-5-7-13-20/h5-17,19,24H,4H2,1-3H3,(H,27,29)(H,28,30)/t19-,24+/m1/s1. The lowest BCUT2D eigenvalue weighted by Crippen LogP contribution is -2.34. The van der Waals surface area contributed by atoms with Crippen LogP contribution in [-0.2, 0) is 4.79 Å². The maximum absolute atomic E-state index is 12.9. The van der Waals surface area contributed by atoms with E-state index in [0.717, 1.165) is 11.1 Å². The first-order valence-electron chi connectivity index (χ1n) is 10.5. The molecule has 0 aromatic heterocycles. The summed E-state index contributed by atoms with van der Waals surface area (Å²) >= 11 is 0. The third-order valence-corrected chi connectivity index (χ3v) is 5.01. The smallest absolute Gasteiger partial charge is 0.265 e. The fraction of sp³-hybridized carbons (Fsp3) is 0.231. The van der Waals surface area contributed by atoms with E-state index in [1.165, 1.54) is 0 Å². The first kappa shape index (κ1) is 22.1. The van der Waals surface area contributed by atoms with Crippen molar-refractivity contribution in [1.82, 2.24) is 5.32 Å². The Kier molecular flexibility index (Phi) is 7.44. The lowest BCUT2D eigenvalue weighted by Gasteiger charge is -2.19. The zero-order valence-electron chi connectivity index (χ0n) is 18.1. The molecular weight excluding hydrogens is 388 g/mol. The molecule has 0 fully saturated rings. The summed E-state index contributed by atoms with van der Waals surface area (Å²) in [6.07, 6.45) is -0.166. The molecule has 0 saturated heterocycles. The summed E-state index contributed by atoms with van der Waals surface area (Å²) < 4.78 is 5.89. The van der Waals surface area contributed by atoms with Crippen LogP contribution in [0.15, 0.2) is 78.9 Å². The van der Waals surface area contributed by atoms with Crippen molar-refractivity contribution in [3.05, 3.63) is 95.6 Å². The van der Waals surface area contributed by atoms with Gasteiger partial charge in [-0.3, -0.25) is 9.59 Å². The Hall–Kier alpha value is -3.60. The Morgan fingerprint density at radius 2 is 1.65 bits per heavy atom. The van der Waals surface area contributed by atoms with Gasteiger partial charge in [0.2, 0.25) is 0 Å². The van der Waals surface area contributed by atoms with Crippen LogP contribution in [-0.4, -0.2) is 17.9 Å². The van der Waals surface area contributed by atoms with E-state index in [9.17, 15) is 9.59 Å². The number of hydrogen-bond donors (Lipinski definition) is 2. The van der Waals surface area contributed by atoms with Gasteiger partial charge in [0, 0.05) is 0 Å². The third kappa shape index (κ3) is 5.95. The van der Waals surface area contributed by atoms with Crippen LogP contribution in [0.25, 0.3) is 0 Å². The number of rotatable bonds is 8. The normalized spacial score (nSPS) is 12.5. The fourth-order valence-electron chi connectivity index (χ4n) is 3.28. The van der Waals surface area contributed by atoms with Crippen molar-refractivity contribution in [1.29, 1.82) is 0 Å². The predicted octanol–water partition coefficient (Wildman–Crippen LogP) is 5.28. The highest BCUT2D eigenvalue weighted by Gasteiger charge is 2.21. The highest BCUT2D eigenvalue weighted by molar-refractivity contribution is 6.04. The van der Waals surface area contributed by atoms with Gasteiger partial charge < -0.3 is 15.4 Å². The molecule has 0 aliphatic rings. The largest absolute Gasteiger partial charge is 0.481 e. The molecule has 0 aliphatic carbocycles. The van der Waals surface area contributed by atoms with Gasteiger partial charge in [0.25, 0.3) is 11.8 Å². The van der Waals surface area contributed by atoms with E-state index in [1.807, 2.05) is 75.4 Å². The molecule has 2 atom stereocenters. The van der Waals surface area contributed by atoms with Gasteiger partial charge in [0.15, 0.2) is 6.10 Å². The van der Waals surface area contributed by atoms with Crippen LogP contribution in [0, 0.1) is 6.92 Å². The molecule has 5 heteroatoms.